The molecular weight excluding hydrogens is 364 g/mol. The van der Waals surface area contributed by atoms with Crippen LogP contribution in [-0.2, 0) is 4.79 Å². The van der Waals surface area contributed by atoms with Crippen molar-refractivity contribution in [3.05, 3.63) is 12.1 Å². The lowest BCUT2D eigenvalue weighted by molar-refractivity contribution is -0.133. The molecule has 3 rings (SSSR count). The van der Waals surface area contributed by atoms with Gasteiger partial charge in [-0.05, 0) is 59.2 Å². The van der Waals surface area contributed by atoms with Gasteiger partial charge in [0.15, 0.2) is 5.82 Å². The number of carbonyl (C=O) groups is 1. The van der Waals surface area contributed by atoms with E-state index in [0.29, 0.717) is 0 Å². The van der Waals surface area contributed by atoms with Crippen LogP contribution in [0.5, 0.6) is 0 Å². The van der Waals surface area contributed by atoms with E-state index in [1.807, 2.05) is 4.90 Å². The van der Waals surface area contributed by atoms with Gasteiger partial charge in [-0.3, -0.25) is 4.79 Å². The first-order chi connectivity index (χ1) is 14.1. The van der Waals surface area contributed by atoms with Crippen LogP contribution >= 0.6 is 0 Å². The van der Waals surface area contributed by atoms with Gasteiger partial charge in [0.2, 0.25) is 5.91 Å². The third-order valence-corrected chi connectivity index (χ3v) is 6.28. The fraction of sp³-hybridized carbons (Fsp3) is 0.727. The lowest BCUT2D eigenvalue weighted by atomic mass is 10.2. The molecule has 7 nitrogen and oxygen atoms in total. The van der Waals surface area contributed by atoms with Crippen molar-refractivity contribution < 1.29 is 4.79 Å². The second-order valence-electron chi connectivity index (χ2n) is 7.82. The molecule has 2 aliphatic heterocycles. The van der Waals surface area contributed by atoms with E-state index in [9.17, 15) is 4.79 Å². The Morgan fingerprint density at radius 2 is 1.69 bits per heavy atom. The molecule has 2 saturated heterocycles. The van der Waals surface area contributed by atoms with Gasteiger partial charge in [-0.1, -0.05) is 0 Å². The number of aromatic nitrogens is 1. The molecule has 2 aliphatic rings. The molecule has 0 aromatic carbocycles. The Labute approximate surface area is 176 Å². The van der Waals surface area contributed by atoms with Crippen LogP contribution in [0.25, 0.3) is 0 Å². The highest BCUT2D eigenvalue weighted by Crippen LogP contribution is 2.31. The topological polar surface area (TPSA) is 55.0 Å². The van der Waals surface area contributed by atoms with E-state index < -0.39 is 0 Å². The highest BCUT2D eigenvalue weighted by atomic mass is 16.2. The van der Waals surface area contributed by atoms with Crippen molar-refractivity contribution in [1.29, 1.82) is 0 Å². The van der Waals surface area contributed by atoms with Crippen LogP contribution in [0.1, 0.15) is 40.5 Å². The minimum atomic E-state index is 0.0249. The molecule has 0 saturated carbocycles. The summed E-state index contributed by atoms with van der Waals surface area (Å²) in [5.41, 5.74) is 1.20. The maximum atomic E-state index is 12.7. The smallest absolute Gasteiger partial charge is 0.239 e. The molecule has 2 fully saturated rings. The summed E-state index contributed by atoms with van der Waals surface area (Å²) >= 11 is 0. The van der Waals surface area contributed by atoms with E-state index in [1.54, 1.807) is 0 Å². The molecule has 1 N–H and O–H groups in total. The summed E-state index contributed by atoms with van der Waals surface area (Å²) in [6.45, 7) is 16.7. The number of anilines is 3. The van der Waals surface area contributed by atoms with Crippen LogP contribution in [0.3, 0.4) is 0 Å². The first-order valence-electron chi connectivity index (χ1n) is 11.4. The van der Waals surface area contributed by atoms with E-state index in [2.05, 4.69) is 59.8 Å². The summed E-state index contributed by atoms with van der Waals surface area (Å²) in [5.74, 6) is 2.37. The Morgan fingerprint density at radius 3 is 2.24 bits per heavy atom. The summed E-state index contributed by atoms with van der Waals surface area (Å²) < 4.78 is 0. The van der Waals surface area contributed by atoms with Gasteiger partial charge in [0.1, 0.15) is 5.82 Å². The predicted octanol–water partition coefficient (Wildman–Crippen LogP) is 2.17. The Kier molecular flexibility index (Phi) is 7.58. The molecule has 0 bridgehead atoms. The van der Waals surface area contributed by atoms with E-state index in [-0.39, 0.29) is 11.9 Å². The van der Waals surface area contributed by atoms with E-state index in [1.165, 1.54) is 5.69 Å². The average Bonchev–Trinajstić information content (AvgIpc) is 3.31. The molecule has 0 spiro atoms. The summed E-state index contributed by atoms with van der Waals surface area (Å²) in [4.78, 5) is 26.9. The number of nitrogens with one attached hydrogen (secondary N) is 1. The number of pyridine rings is 1. The molecule has 1 amide bonds. The number of piperazine rings is 1. The van der Waals surface area contributed by atoms with Crippen LogP contribution in [0.15, 0.2) is 12.1 Å². The highest BCUT2D eigenvalue weighted by Gasteiger charge is 2.30. The molecule has 1 atom stereocenters. The largest absolute Gasteiger partial charge is 0.369 e. The molecule has 1 aromatic heterocycles. The van der Waals surface area contributed by atoms with E-state index in [4.69, 9.17) is 4.98 Å². The normalized spacial score (nSPS) is 19.5. The number of hydrogen-bond donors (Lipinski definition) is 1. The quantitative estimate of drug-likeness (QED) is 0.719. The number of amides is 1. The van der Waals surface area contributed by atoms with Gasteiger partial charge in [0.05, 0.1) is 11.7 Å². The molecule has 0 radical (unpaired) electrons. The molecule has 162 valence electrons. The van der Waals surface area contributed by atoms with Crippen molar-refractivity contribution in [2.24, 2.45) is 0 Å². The zero-order valence-corrected chi connectivity index (χ0v) is 18.7. The molecule has 7 heteroatoms. The number of rotatable bonds is 8. The van der Waals surface area contributed by atoms with Crippen molar-refractivity contribution in [3.63, 3.8) is 0 Å². The Hall–Kier alpha value is -2.02. The molecule has 1 unspecified atom stereocenters. The van der Waals surface area contributed by atoms with E-state index >= 15 is 0 Å². The zero-order chi connectivity index (χ0) is 20.8. The number of nitrogens with zero attached hydrogens (tertiary/aromatic N) is 5. The molecule has 0 aliphatic carbocycles. The van der Waals surface area contributed by atoms with Gasteiger partial charge in [0, 0.05) is 52.4 Å². The van der Waals surface area contributed by atoms with Gasteiger partial charge in [0.25, 0.3) is 0 Å². The van der Waals surface area contributed by atoms with Crippen LogP contribution < -0.4 is 20.0 Å². The maximum Gasteiger partial charge on any atom is 0.239 e. The van der Waals surface area contributed by atoms with Crippen molar-refractivity contribution in [3.8, 4) is 0 Å². The highest BCUT2D eigenvalue weighted by molar-refractivity contribution is 5.82. The van der Waals surface area contributed by atoms with Crippen LogP contribution in [0, 0.1) is 0 Å². The lowest BCUT2D eigenvalue weighted by Crippen LogP contribution is -2.53. The Bertz CT molecular complexity index is 659. The fourth-order valence-corrected chi connectivity index (χ4v) is 4.45. The van der Waals surface area contributed by atoms with Crippen molar-refractivity contribution in [1.82, 2.24) is 15.2 Å². The van der Waals surface area contributed by atoms with Crippen molar-refractivity contribution in [2.75, 3.05) is 73.6 Å². The second kappa shape index (κ2) is 10.1. The van der Waals surface area contributed by atoms with Gasteiger partial charge in [-0.25, -0.2) is 4.98 Å². The van der Waals surface area contributed by atoms with Crippen LogP contribution in [0.2, 0.25) is 0 Å². The third-order valence-electron chi connectivity index (χ3n) is 6.28. The van der Waals surface area contributed by atoms with E-state index in [0.717, 1.165) is 83.4 Å². The summed E-state index contributed by atoms with van der Waals surface area (Å²) in [7, 11) is 0. The standard InChI is InChI=1S/C22H38N6O/c1-5-25(6-2)19-11-12-20(26(7-3)8-4)24-21(19)27-14-16-28(17-15-27)22(29)18-10-9-13-23-18/h11-12,18,23H,5-10,13-17H2,1-4H3. The van der Waals surface area contributed by atoms with Gasteiger partial charge in [-0.15, -0.1) is 0 Å². The fourth-order valence-electron chi connectivity index (χ4n) is 4.45. The molecule has 29 heavy (non-hydrogen) atoms. The number of hydrogen-bond acceptors (Lipinski definition) is 6. The van der Waals surface area contributed by atoms with Crippen molar-refractivity contribution in [2.45, 2.75) is 46.6 Å². The lowest BCUT2D eigenvalue weighted by Gasteiger charge is -2.38. The predicted molar refractivity (Wildman–Crippen MR) is 121 cm³/mol. The van der Waals surface area contributed by atoms with Gasteiger partial charge >= 0.3 is 0 Å². The SMILES string of the molecule is CCN(CC)c1ccc(N(CC)CC)c(N2CCN(C(=O)C3CCCN3)CC2)n1. The molecule has 3 heterocycles. The third kappa shape index (κ3) is 4.77. The zero-order valence-electron chi connectivity index (χ0n) is 18.7. The van der Waals surface area contributed by atoms with Gasteiger partial charge < -0.3 is 24.9 Å². The Morgan fingerprint density at radius 1 is 1.03 bits per heavy atom. The maximum absolute atomic E-state index is 12.7. The molecule has 1 aromatic rings. The summed E-state index contributed by atoms with van der Waals surface area (Å²) in [5, 5.41) is 3.34. The molecular formula is C22H38N6O. The van der Waals surface area contributed by atoms with Gasteiger partial charge in [-0.2, -0.15) is 0 Å². The average molecular weight is 403 g/mol. The monoisotopic (exact) mass is 402 g/mol. The first kappa shape index (κ1) is 21.7. The first-order valence-corrected chi connectivity index (χ1v) is 11.4. The Balaban J connectivity index is 1.78. The summed E-state index contributed by atoms with van der Waals surface area (Å²) in [6, 6.07) is 4.40. The summed E-state index contributed by atoms with van der Waals surface area (Å²) in [6.07, 6.45) is 2.07. The van der Waals surface area contributed by atoms with Crippen molar-refractivity contribution >= 4 is 23.2 Å². The van der Waals surface area contributed by atoms with Crippen LogP contribution in [-0.4, -0.2) is 80.7 Å². The minimum Gasteiger partial charge on any atom is -0.369 e. The number of carbonyl (C=O) groups excluding carboxylic acids is 1. The minimum absolute atomic E-state index is 0.0249. The second-order valence-corrected chi connectivity index (χ2v) is 7.82. The van der Waals surface area contributed by atoms with Crippen LogP contribution in [0.4, 0.5) is 17.3 Å².